The van der Waals surface area contributed by atoms with Crippen molar-refractivity contribution in [2.45, 2.75) is 63.3 Å². The first kappa shape index (κ1) is 22.7. The number of carbonyl (C=O) groups is 1. The average molecular weight is 417 g/mol. The van der Waals surface area contributed by atoms with E-state index in [-0.39, 0.29) is 24.2 Å². The molecule has 1 saturated carbocycles. The zero-order valence-electron chi connectivity index (χ0n) is 17.6. The number of benzene rings is 1. The Bertz CT molecular complexity index is 734. The lowest BCUT2D eigenvalue weighted by atomic mass is 9.89. The van der Waals surface area contributed by atoms with Gasteiger partial charge in [0.1, 0.15) is 6.17 Å². The summed E-state index contributed by atoms with van der Waals surface area (Å²) in [6.45, 7) is 0. The maximum atomic E-state index is 14.5. The van der Waals surface area contributed by atoms with Crippen LogP contribution in [0.2, 0.25) is 0 Å². The van der Waals surface area contributed by atoms with E-state index in [1.54, 1.807) is 12.2 Å². The number of methoxy groups -OCH3 is 1. The normalized spacial score (nSPS) is 27.7. The fourth-order valence-corrected chi connectivity index (χ4v) is 4.74. The Hall–Kier alpha value is -1.98. The Balaban J connectivity index is 1.51. The summed E-state index contributed by atoms with van der Waals surface area (Å²) >= 11 is 0. The molecule has 0 spiro atoms. The fourth-order valence-electron chi connectivity index (χ4n) is 4.74. The largest absolute Gasteiger partial charge is 0.469 e. The molecule has 2 aliphatic carbocycles. The molecule has 30 heavy (non-hydrogen) atoms. The van der Waals surface area contributed by atoms with Crippen LogP contribution in [0.25, 0.3) is 0 Å². The molecule has 2 N–H and O–H groups in total. The molecule has 0 heterocycles. The first-order valence-corrected chi connectivity index (χ1v) is 11.0. The molecule has 4 nitrogen and oxygen atoms in total. The third kappa shape index (κ3) is 5.79. The number of unbranched alkanes of at least 4 members (excludes halogenated alkanes) is 1. The minimum absolute atomic E-state index is 0.121. The Kier molecular flexibility index (Phi) is 8.23. The van der Waals surface area contributed by atoms with Gasteiger partial charge in [0.2, 0.25) is 0 Å². The van der Waals surface area contributed by atoms with Gasteiger partial charge in [-0.15, -0.1) is 0 Å². The van der Waals surface area contributed by atoms with E-state index in [4.69, 9.17) is 0 Å². The minimum Gasteiger partial charge on any atom is -0.469 e. The van der Waals surface area contributed by atoms with Crippen molar-refractivity contribution >= 4 is 5.97 Å². The van der Waals surface area contributed by atoms with Crippen molar-refractivity contribution in [1.82, 2.24) is 0 Å². The third-order valence-corrected chi connectivity index (χ3v) is 6.52. The highest BCUT2D eigenvalue weighted by Gasteiger charge is 2.40. The molecule has 164 valence electrons. The molecule has 2 aliphatic rings. The molecule has 0 aliphatic heterocycles. The first-order chi connectivity index (χ1) is 14.5. The summed E-state index contributed by atoms with van der Waals surface area (Å²) in [5, 5.41) is 20.9. The number of fused-ring (bicyclic) bond motifs is 1. The molecule has 0 saturated heterocycles. The van der Waals surface area contributed by atoms with Gasteiger partial charge in [0.15, 0.2) is 0 Å². The molecular weight excluding hydrogens is 383 g/mol. The van der Waals surface area contributed by atoms with Gasteiger partial charge in [0, 0.05) is 18.8 Å². The topological polar surface area (TPSA) is 66.8 Å². The molecule has 0 amide bonds. The second kappa shape index (κ2) is 10.9. The van der Waals surface area contributed by atoms with Gasteiger partial charge in [-0.25, -0.2) is 4.39 Å². The highest BCUT2D eigenvalue weighted by atomic mass is 19.1. The molecule has 0 radical (unpaired) electrons. The Morgan fingerprint density at radius 3 is 2.63 bits per heavy atom. The molecule has 1 aromatic rings. The van der Waals surface area contributed by atoms with Crippen molar-refractivity contribution in [1.29, 1.82) is 0 Å². The van der Waals surface area contributed by atoms with E-state index >= 15 is 0 Å². The zero-order valence-corrected chi connectivity index (χ0v) is 17.6. The van der Waals surface area contributed by atoms with Crippen LogP contribution in [0.3, 0.4) is 0 Å². The summed E-state index contributed by atoms with van der Waals surface area (Å²) in [6, 6.07) is 8.24. The molecule has 3 rings (SSSR count). The number of carbonyl (C=O) groups excluding carboxylic acids is 1. The van der Waals surface area contributed by atoms with Crippen LogP contribution in [-0.2, 0) is 22.4 Å². The second-order valence-corrected chi connectivity index (χ2v) is 8.55. The number of hydrogen-bond acceptors (Lipinski definition) is 4. The van der Waals surface area contributed by atoms with Gasteiger partial charge in [0.05, 0.1) is 19.3 Å². The predicted octanol–water partition coefficient (Wildman–Crippen LogP) is 3.94. The summed E-state index contributed by atoms with van der Waals surface area (Å²) < 4.78 is 19.1. The number of alkyl halides is 1. The maximum Gasteiger partial charge on any atom is 0.305 e. The van der Waals surface area contributed by atoms with Crippen molar-refractivity contribution < 1.29 is 24.1 Å². The molecule has 0 bridgehead atoms. The minimum atomic E-state index is -1.10. The molecular formula is C25H33FO4. The van der Waals surface area contributed by atoms with Crippen LogP contribution in [0, 0.1) is 17.8 Å². The number of esters is 1. The fraction of sp³-hybridized carbons (Fsp3) is 0.560. The van der Waals surface area contributed by atoms with Gasteiger partial charge >= 0.3 is 5.97 Å². The van der Waals surface area contributed by atoms with Crippen molar-refractivity contribution in [3.05, 3.63) is 59.7 Å². The standard InChI is InChI=1S/C25H33FO4/c1-30-25(29)11-5-3-2-4-10-21-20(22(26)16-24(21)28)12-13-23(27)19-14-17-8-6-7-9-18(17)15-19/h2,4,6-9,12-13,19-24,27-28H,3,5,10-11,14-16H2,1H3/b4-2+,13-12+/t20-,21-,22+,23+,24+/m1/s1. The van der Waals surface area contributed by atoms with Crippen LogP contribution in [-0.4, -0.2) is 41.7 Å². The average Bonchev–Trinajstić information content (AvgIpc) is 3.29. The summed E-state index contributed by atoms with van der Waals surface area (Å²) in [6.07, 6.45) is 9.32. The van der Waals surface area contributed by atoms with Gasteiger partial charge in [-0.05, 0) is 55.1 Å². The first-order valence-electron chi connectivity index (χ1n) is 11.0. The monoisotopic (exact) mass is 416 g/mol. The SMILES string of the molecule is COC(=O)CCC/C=C/C[C@@H]1[C@@H](/C=C/[C@H](O)C2Cc3ccccc3C2)[C@@H](F)C[C@@H]1O. The van der Waals surface area contributed by atoms with E-state index in [0.29, 0.717) is 19.3 Å². The predicted molar refractivity (Wildman–Crippen MR) is 115 cm³/mol. The van der Waals surface area contributed by atoms with E-state index in [2.05, 4.69) is 16.9 Å². The molecule has 5 heteroatoms. The highest BCUT2D eigenvalue weighted by Crippen LogP contribution is 2.38. The number of aliphatic hydroxyl groups is 2. The van der Waals surface area contributed by atoms with E-state index in [1.807, 2.05) is 24.3 Å². The second-order valence-electron chi connectivity index (χ2n) is 8.55. The number of rotatable bonds is 9. The van der Waals surface area contributed by atoms with Crippen molar-refractivity contribution in [3.8, 4) is 0 Å². The Morgan fingerprint density at radius 2 is 1.97 bits per heavy atom. The molecule has 1 aromatic carbocycles. The van der Waals surface area contributed by atoms with Crippen LogP contribution >= 0.6 is 0 Å². The van der Waals surface area contributed by atoms with Crippen LogP contribution in [0.1, 0.15) is 43.2 Å². The number of halogens is 1. The van der Waals surface area contributed by atoms with Gasteiger partial charge in [-0.3, -0.25) is 4.79 Å². The van der Waals surface area contributed by atoms with Crippen LogP contribution in [0.15, 0.2) is 48.6 Å². The van der Waals surface area contributed by atoms with Gasteiger partial charge in [-0.2, -0.15) is 0 Å². The van der Waals surface area contributed by atoms with Crippen LogP contribution in [0.5, 0.6) is 0 Å². The van der Waals surface area contributed by atoms with Crippen molar-refractivity contribution in [3.63, 3.8) is 0 Å². The Labute approximate surface area is 178 Å². The number of allylic oxidation sites excluding steroid dienone is 3. The van der Waals surface area contributed by atoms with Gasteiger partial charge in [0.25, 0.3) is 0 Å². The molecule has 5 atom stereocenters. The number of aliphatic hydroxyl groups excluding tert-OH is 2. The lowest BCUT2D eigenvalue weighted by Crippen LogP contribution is -2.21. The quantitative estimate of drug-likeness (QED) is 0.364. The van der Waals surface area contributed by atoms with Gasteiger partial charge < -0.3 is 14.9 Å². The number of ether oxygens (including phenoxy) is 1. The smallest absolute Gasteiger partial charge is 0.305 e. The molecule has 0 unspecified atom stereocenters. The summed E-state index contributed by atoms with van der Waals surface area (Å²) in [5.41, 5.74) is 2.56. The van der Waals surface area contributed by atoms with E-state index in [0.717, 1.165) is 19.3 Å². The number of hydrogen-bond donors (Lipinski definition) is 2. The Morgan fingerprint density at radius 1 is 1.27 bits per heavy atom. The van der Waals surface area contributed by atoms with Crippen LogP contribution < -0.4 is 0 Å². The molecule has 0 aromatic heterocycles. The summed E-state index contributed by atoms with van der Waals surface area (Å²) in [7, 11) is 1.38. The van der Waals surface area contributed by atoms with E-state index in [9.17, 15) is 19.4 Å². The zero-order chi connectivity index (χ0) is 21.5. The van der Waals surface area contributed by atoms with Crippen molar-refractivity contribution in [2.75, 3.05) is 7.11 Å². The third-order valence-electron chi connectivity index (χ3n) is 6.52. The highest BCUT2D eigenvalue weighted by molar-refractivity contribution is 5.69. The lowest BCUT2D eigenvalue weighted by Gasteiger charge is -2.20. The van der Waals surface area contributed by atoms with Crippen molar-refractivity contribution in [2.24, 2.45) is 17.8 Å². The maximum absolute atomic E-state index is 14.5. The van der Waals surface area contributed by atoms with Gasteiger partial charge in [-0.1, -0.05) is 48.6 Å². The summed E-state index contributed by atoms with van der Waals surface area (Å²) in [5.74, 6) is -0.681. The summed E-state index contributed by atoms with van der Waals surface area (Å²) in [4.78, 5) is 11.1. The molecule has 1 fully saturated rings. The lowest BCUT2D eigenvalue weighted by molar-refractivity contribution is -0.140. The van der Waals surface area contributed by atoms with Crippen LogP contribution in [0.4, 0.5) is 4.39 Å². The van der Waals surface area contributed by atoms with E-state index < -0.39 is 24.3 Å². The van der Waals surface area contributed by atoms with E-state index in [1.165, 1.54) is 18.2 Å².